The van der Waals surface area contributed by atoms with E-state index in [1.54, 1.807) is 0 Å². The maximum absolute atomic E-state index is 5.96. The molecule has 1 heterocycles. The molecule has 2 saturated carbocycles. The first kappa shape index (κ1) is 21.5. The second-order valence-corrected chi connectivity index (χ2v) is 7.43. The van der Waals surface area contributed by atoms with E-state index in [-0.39, 0.29) is 24.0 Å². The first-order chi connectivity index (χ1) is 12.0. The summed E-state index contributed by atoms with van der Waals surface area (Å²) in [4.78, 5) is 4.84. The van der Waals surface area contributed by atoms with E-state index in [1.165, 1.54) is 30.5 Å². The predicted molar refractivity (Wildman–Crippen MR) is 116 cm³/mol. The number of nitrogens with one attached hydrogen (secondary N) is 2. The van der Waals surface area contributed by atoms with Crippen LogP contribution in [0.1, 0.15) is 56.5 Å². The molecule has 0 amide bonds. The van der Waals surface area contributed by atoms with E-state index in [9.17, 15) is 0 Å². The van der Waals surface area contributed by atoms with Gasteiger partial charge in [0.05, 0.1) is 18.3 Å². The van der Waals surface area contributed by atoms with Gasteiger partial charge in [-0.05, 0) is 47.0 Å². The van der Waals surface area contributed by atoms with E-state index in [1.807, 2.05) is 11.7 Å². The summed E-state index contributed by atoms with van der Waals surface area (Å²) >= 11 is 0. The lowest BCUT2D eigenvalue weighted by Gasteiger charge is -2.61. The Bertz CT molecular complexity index is 638. The molecule has 1 aromatic rings. The van der Waals surface area contributed by atoms with Crippen LogP contribution in [0.2, 0.25) is 0 Å². The molecule has 148 valence electrons. The number of ether oxygens (including phenoxy) is 1. The quantitative estimate of drug-likeness (QED) is 0.377. The van der Waals surface area contributed by atoms with Gasteiger partial charge in [0, 0.05) is 42.9 Å². The molecule has 2 atom stereocenters. The Morgan fingerprint density at radius 2 is 2.08 bits per heavy atom. The van der Waals surface area contributed by atoms with Gasteiger partial charge in [-0.25, -0.2) is 4.99 Å². The minimum absolute atomic E-state index is 0. The van der Waals surface area contributed by atoms with Crippen LogP contribution in [0.15, 0.2) is 4.99 Å². The van der Waals surface area contributed by atoms with Crippen LogP contribution >= 0.6 is 24.0 Å². The Morgan fingerprint density at radius 3 is 2.58 bits per heavy atom. The number of aliphatic imine (C=N–C) groups is 1. The highest BCUT2D eigenvalue weighted by Crippen LogP contribution is 2.57. The number of guanidine groups is 1. The topological polar surface area (TPSA) is 63.5 Å². The zero-order valence-corrected chi connectivity index (χ0v) is 19.1. The average Bonchev–Trinajstić information content (AvgIpc) is 2.75. The van der Waals surface area contributed by atoms with Crippen molar-refractivity contribution in [3.05, 3.63) is 17.0 Å². The average molecular weight is 475 g/mol. The Labute approximate surface area is 174 Å². The van der Waals surface area contributed by atoms with Crippen LogP contribution in [0.3, 0.4) is 0 Å². The van der Waals surface area contributed by atoms with Crippen LogP contribution in [0.5, 0.6) is 0 Å². The summed E-state index contributed by atoms with van der Waals surface area (Å²) in [6.07, 6.45) is 5.38. The van der Waals surface area contributed by atoms with Crippen molar-refractivity contribution in [3.63, 3.8) is 0 Å². The molecule has 1 aromatic heterocycles. The van der Waals surface area contributed by atoms with Crippen LogP contribution in [-0.2, 0) is 18.3 Å². The van der Waals surface area contributed by atoms with Crippen LogP contribution in [-0.4, -0.2) is 41.0 Å². The molecule has 0 aliphatic heterocycles. The SMILES string of the molecule is CCNC(=NCc1c(C)nn(C)c1C)NC1CC(OCC)C12CCC2.I. The van der Waals surface area contributed by atoms with E-state index in [2.05, 4.69) is 43.4 Å². The third-order valence-corrected chi connectivity index (χ3v) is 6.15. The molecule has 0 saturated heterocycles. The third kappa shape index (κ3) is 3.88. The summed E-state index contributed by atoms with van der Waals surface area (Å²) in [5.41, 5.74) is 3.81. The smallest absolute Gasteiger partial charge is 0.191 e. The van der Waals surface area contributed by atoms with Gasteiger partial charge in [-0.15, -0.1) is 24.0 Å². The summed E-state index contributed by atoms with van der Waals surface area (Å²) in [6, 6.07) is 0.478. The number of hydrogen-bond acceptors (Lipinski definition) is 3. The Morgan fingerprint density at radius 1 is 1.35 bits per heavy atom. The maximum atomic E-state index is 5.96. The van der Waals surface area contributed by atoms with Crippen molar-refractivity contribution >= 4 is 29.9 Å². The van der Waals surface area contributed by atoms with Crippen LogP contribution in [0, 0.1) is 19.3 Å². The monoisotopic (exact) mass is 475 g/mol. The van der Waals surface area contributed by atoms with Gasteiger partial charge in [0.25, 0.3) is 0 Å². The molecular formula is C19H34IN5O. The molecule has 1 spiro atoms. The minimum atomic E-state index is 0. The van der Waals surface area contributed by atoms with Crippen molar-refractivity contribution in [2.75, 3.05) is 13.2 Å². The molecule has 26 heavy (non-hydrogen) atoms. The second-order valence-electron chi connectivity index (χ2n) is 7.43. The highest BCUT2D eigenvalue weighted by molar-refractivity contribution is 14.0. The van der Waals surface area contributed by atoms with Crippen LogP contribution < -0.4 is 10.6 Å². The Kier molecular flexibility index (Phi) is 7.35. The zero-order chi connectivity index (χ0) is 18.0. The zero-order valence-electron chi connectivity index (χ0n) is 16.8. The largest absolute Gasteiger partial charge is 0.378 e. The second kappa shape index (κ2) is 8.91. The van der Waals surface area contributed by atoms with Crippen molar-refractivity contribution in [1.82, 2.24) is 20.4 Å². The van der Waals surface area contributed by atoms with Crippen molar-refractivity contribution in [1.29, 1.82) is 0 Å². The summed E-state index contributed by atoms with van der Waals surface area (Å²) in [7, 11) is 1.99. The molecule has 2 unspecified atom stereocenters. The molecule has 2 aliphatic rings. The standard InChI is InChI=1S/C19H33N5O.HI/c1-6-20-18(21-12-15-13(3)23-24(5)14(15)4)22-16-11-17(25-7-2)19(16)9-8-10-19;/h16-17H,6-12H2,1-5H3,(H2,20,21,22);1H. The first-order valence-corrected chi connectivity index (χ1v) is 9.67. The first-order valence-electron chi connectivity index (χ1n) is 9.67. The summed E-state index contributed by atoms with van der Waals surface area (Å²) < 4.78 is 7.89. The molecule has 0 radical (unpaired) electrons. The van der Waals surface area contributed by atoms with Crippen LogP contribution in [0.25, 0.3) is 0 Å². The molecule has 0 aromatic carbocycles. The number of aromatic nitrogens is 2. The number of rotatable bonds is 6. The van der Waals surface area contributed by atoms with Gasteiger partial charge in [0.15, 0.2) is 5.96 Å². The van der Waals surface area contributed by atoms with Crippen molar-refractivity contribution in [2.45, 2.75) is 72.1 Å². The normalized spacial score (nSPS) is 23.8. The Hall–Kier alpha value is -0.830. The number of hydrogen-bond donors (Lipinski definition) is 2. The summed E-state index contributed by atoms with van der Waals surface area (Å²) in [5, 5.41) is 11.6. The molecule has 2 N–H and O–H groups in total. The highest BCUT2D eigenvalue weighted by Gasteiger charge is 2.59. The van der Waals surface area contributed by atoms with Gasteiger partial charge in [-0.2, -0.15) is 5.10 Å². The molecule has 6 nitrogen and oxygen atoms in total. The fraction of sp³-hybridized carbons (Fsp3) is 0.789. The lowest BCUT2D eigenvalue weighted by molar-refractivity contribution is -0.168. The fourth-order valence-corrected chi connectivity index (χ4v) is 4.33. The number of nitrogens with zero attached hydrogens (tertiary/aromatic N) is 3. The van der Waals surface area contributed by atoms with E-state index < -0.39 is 0 Å². The van der Waals surface area contributed by atoms with E-state index in [0.29, 0.717) is 24.1 Å². The van der Waals surface area contributed by atoms with Gasteiger partial charge in [-0.3, -0.25) is 4.68 Å². The minimum Gasteiger partial charge on any atom is -0.378 e. The van der Waals surface area contributed by atoms with E-state index in [0.717, 1.165) is 31.2 Å². The van der Waals surface area contributed by atoms with Crippen molar-refractivity contribution in [3.8, 4) is 0 Å². The summed E-state index contributed by atoms with van der Waals surface area (Å²) in [6.45, 7) is 10.7. The lowest BCUT2D eigenvalue weighted by Crippen LogP contribution is -2.68. The van der Waals surface area contributed by atoms with Crippen LogP contribution in [0.4, 0.5) is 0 Å². The predicted octanol–water partition coefficient (Wildman–Crippen LogP) is 3.06. The number of halogens is 1. The highest BCUT2D eigenvalue weighted by atomic mass is 127. The van der Waals surface area contributed by atoms with Gasteiger partial charge in [0.2, 0.25) is 0 Å². The summed E-state index contributed by atoms with van der Waals surface area (Å²) in [5.74, 6) is 0.913. The Balaban J connectivity index is 0.00000243. The van der Waals surface area contributed by atoms with Gasteiger partial charge in [0.1, 0.15) is 0 Å². The molecule has 3 rings (SSSR count). The number of aryl methyl sites for hydroxylation is 2. The fourth-order valence-electron chi connectivity index (χ4n) is 4.33. The van der Waals surface area contributed by atoms with E-state index in [4.69, 9.17) is 9.73 Å². The van der Waals surface area contributed by atoms with Crippen molar-refractivity contribution in [2.24, 2.45) is 17.5 Å². The van der Waals surface area contributed by atoms with Gasteiger partial charge >= 0.3 is 0 Å². The molecule has 7 heteroatoms. The van der Waals surface area contributed by atoms with E-state index >= 15 is 0 Å². The molecule has 2 fully saturated rings. The molecular weight excluding hydrogens is 441 g/mol. The lowest BCUT2D eigenvalue weighted by atomic mass is 9.51. The molecule has 2 aliphatic carbocycles. The third-order valence-electron chi connectivity index (χ3n) is 6.15. The van der Waals surface area contributed by atoms with Crippen molar-refractivity contribution < 1.29 is 4.74 Å². The maximum Gasteiger partial charge on any atom is 0.191 e. The van der Waals surface area contributed by atoms with Gasteiger partial charge < -0.3 is 15.4 Å². The van der Waals surface area contributed by atoms with Gasteiger partial charge in [-0.1, -0.05) is 6.42 Å². The molecule has 0 bridgehead atoms.